The summed E-state index contributed by atoms with van der Waals surface area (Å²) in [6.07, 6.45) is -2.96. The molecule has 5 rings (SSSR count). The zero-order valence-corrected chi connectivity index (χ0v) is 25.3. The fraction of sp³-hybridized carbons (Fsp3) is 0.344. The van der Waals surface area contributed by atoms with Gasteiger partial charge in [0.05, 0.1) is 34.7 Å². The number of aromatic nitrogens is 1. The summed E-state index contributed by atoms with van der Waals surface area (Å²) in [7, 11) is -2.10. The third-order valence-electron chi connectivity index (χ3n) is 8.04. The number of carbonyl (C=O) groups is 1. The van der Waals surface area contributed by atoms with Crippen LogP contribution >= 0.6 is 0 Å². The summed E-state index contributed by atoms with van der Waals surface area (Å²) in [6.45, 7) is 2.69. The molecule has 1 aliphatic rings. The Bertz CT molecular complexity index is 1760. The van der Waals surface area contributed by atoms with Crippen molar-refractivity contribution in [3.05, 3.63) is 101 Å². The Morgan fingerprint density at radius 2 is 1.77 bits per heavy atom. The molecule has 2 atom stereocenters. The zero-order valence-electron chi connectivity index (χ0n) is 24.4. The molecule has 1 aliphatic heterocycles. The maximum Gasteiger partial charge on any atom is 0.416 e. The van der Waals surface area contributed by atoms with Crippen LogP contribution in [-0.2, 0) is 42.1 Å². The van der Waals surface area contributed by atoms with Crippen LogP contribution in [0.4, 0.5) is 18.9 Å². The Hall–Kier alpha value is -3.87. The molecule has 0 spiro atoms. The van der Waals surface area contributed by atoms with E-state index in [1.54, 1.807) is 18.2 Å². The van der Waals surface area contributed by atoms with Crippen molar-refractivity contribution in [2.75, 3.05) is 23.7 Å². The number of aliphatic hydroxyl groups is 1. The third kappa shape index (κ3) is 6.77. The van der Waals surface area contributed by atoms with Crippen LogP contribution in [0.3, 0.4) is 0 Å². The SMILES string of the molecule is CCn1cc2c3c(cc(C(=O)N[C@@H](Cc4ccccc4)[C@H](O)CNCc4cccc(C(F)(F)F)c4)cc31)N(C)S(=O)(=O)CC2. The standard InChI is InChI=1S/C32H35F3N4O4S/c1-3-39-20-23-12-13-44(42,43)38(2)27-16-24(17-28(39)30(23)27)31(41)37-26(15-21-8-5-4-6-9-21)29(40)19-36-18-22-10-7-11-25(14-22)32(33,34)35/h4-11,14,16-17,20,26,29,36,40H,3,12-13,15,18-19H2,1-2H3,(H,37,41)/t26-,29+/m0/s1. The second kappa shape index (κ2) is 12.6. The molecular formula is C32H35F3N4O4S. The highest BCUT2D eigenvalue weighted by atomic mass is 32.2. The molecule has 1 amide bonds. The van der Waals surface area contributed by atoms with E-state index in [1.807, 2.05) is 48.0 Å². The van der Waals surface area contributed by atoms with Gasteiger partial charge in [-0.05, 0) is 54.7 Å². The van der Waals surface area contributed by atoms with Crippen LogP contribution < -0.4 is 14.9 Å². The molecule has 0 bridgehead atoms. The Labute approximate surface area is 254 Å². The summed E-state index contributed by atoms with van der Waals surface area (Å²) in [5.74, 6) is -0.525. The van der Waals surface area contributed by atoms with E-state index in [0.717, 1.165) is 34.2 Å². The molecule has 44 heavy (non-hydrogen) atoms. The van der Waals surface area contributed by atoms with Gasteiger partial charge in [-0.2, -0.15) is 13.2 Å². The van der Waals surface area contributed by atoms with Crippen LogP contribution in [0, 0.1) is 0 Å². The van der Waals surface area contributed by atoms with Crippen molar-refractivity contribution < 1.29 is 31.5 Å². The van der Waals surface area contributed by atoms with Gasteiger partial charge >= 0.3 is 6.18 Å². The number of amides is 1. The molecule has 4 aromatic rings. The first-order valence-electron chi connectivity index (χ1n) is 14.4. The number of carbonyl (C=O) groups excluding carboxylic acids is 1. The van der Waals surface area contributed by atoms with Crippen LogP contribution in [0.5, 0.6) is 0 Å². The minimum absolute atomic E-state index is 0.00133. The minimum Gasteiger partial charge on any atom is -0.390 e. The minimum atomic E-state index is -4.46. The summed E-state index contributed by atoms with van der Waals surface area (Å²) in [5, 5.41) is 17.9. The molecule has 0 radical (unpaired) electrons. The number of anilines is 1. The number of nitrogens with zero attached hydrogens (tertiary/aromatic N) is 2. The molecule has 1 aromatic heterocycles. The van der Waals surface area contributed by atoms with Gasteiger partial charge in [-0.1, -0.05) is 48.5 Å². The lowest BCUT2D eigenvalue weighted by Gasteiger charge is -2.25. The van der Waals surface area contributed by atoms with Gasteiger partial charge in [0.25, 0.3) is 5.91 Å². The predicted octanol–water partition coefficient (Wildman–Crippen LogP) is 4.49. The average Bonchev–Trinajstić information content (AvgIpc) is 3.32. The molecule has 12 heteroatoms. The van der Waals surface area contributed by atoms with Crippen molar-refractivity contribution in [2.45, 2.75) is 51.2 Å². The Morgan fingerprint density at radius 3 is 2.48 bits per heavy atom. The molecular weight excluding hydrogens is 593 g/mol. The summed E-state index contributed by atoms with van der Waals surface area (Å²) >= 11 is 0. The van der Waals surface area contributed by atoms with Crippen molar-refractivity contribution >= 4 is 32.5 Å². The Morgan fingerprint density at radius 1 is 1.05 bits per heavy atom. The summed E-state index contributed by atoms with van der Waals surface area (Å²) in [5.41, 5.74) is 2.85. The number of rotatable bonds is 10. The molecule has 0 aliphatic carbocycles. The van der Waals surface area contributed by atoms with E-state index in [0.29, 0.717) is 24.2 Å². The molecule has 0 fully saturated rings. The lowest BCUT2D eigenvalue weighted by molar-refractivity contribution is -0.137. The molecule has 2 heterocycles. The van der Waals surface area contributed by atoms with E-state index in [-0.39, 0.29) is 30.8 Å². The van der Waals surface area contributed by atoms with Gasteiger partial charge in [0, 0.05) is 43.8 Å². The van der Waals surface area contributed by atoms with Crippen molar-refractivity contribution in [3.63, 3.8) is 0 Å². The first-order valence-corrected chi connectivity index (χ1v) is 16.0. The molecule has 234 valence electrons. The summed E-state index contributed by atoms with van der Waals surface area (Å²) in [4.78, 5) is 13.7. The maximum atomic E-state index is 13.7. The lowest BCUT2D eigenvalue weighted by atomic mass is 9.99. The van der Waals surface area contributed by atoms with Gasteiger partial charge in [0.15, 0.2) is 0 Å². The number of alkyl halides is 3. The molecule has 0 saturated heterocycles. The monoisotopic (exact) mass is 628 g/mol. The van der Waals surface area contributed by atoms with E-state index in [9.17, 15) is 31.5 Å². The van der Waals surface area contributed by atoms with Gasteiger partial charge < -0.3 is 20.3 Å². The van der Waals surface area contributed by atoms with Gasteiger partial charge in [-0.3, -0.25) is 9.10 Å². The van der Waals surface area contributed by atoms with E-state index < -0.39 is 39.8 Å². The average molecular weight is 629 g/mol. The summed E-state index contributed by atoms with van der Waals surface area (Å²) < 4.78 is 68.4. The number of sulfonamides is 1. The highest BCUT2D eigenvalue weighted by Gasteiger charge is 2.31. The van der Waals surface area contributed by atoms with Crippen molar-refractivity contribution in [3.8, 4) is 0 Å². The van der Waals surface area contributed by atoms with Gasteiger partial charge in [-0.25, -0.2) is 8.42 Å². The number of aliphatic hydroxyl groups excluding tert-OH is 1. The van der Waals surface area contributed by atoms with Crippen LogP contribution in [-0.4, -0.2) is 55.5 Å². The quantitative estimate of drug-likeness (QED) is 0.240. The number of aryl methyl sites for hydroxylation is 2. The van der Waals surface area contributed by atoms with Crippen molar-refractivity contribution in [1.82, 2.24) is 15.2 Å². The van der Waals surface area contributed by atoms with E-state index in [4.69, 9.17) is 0 Å². The Balaban J connectivity index is 1.39. The second-order valence-corrected chi connectivity index (χ2v) is 13.1. The van der Waals surface area contributed by atoms with Crippen LogP contribution in [0.25, 0.3) is 10.9 Å². The third-order valence-corrected chi connectivity index (χ3v) is 9.80. The first kappa shape index (κ1) is 31.6. The topological polar surface area (TPSA) is 104 Å². The normalized spacial score (nSPS) is 16.0. The number of hydrogen-bond acceptors (Lipinski definition) is 5. The number of nitrogens with one attached hydrogen (secondary N) is 2. The smallest absolute Gasteiger partial charge is 0.390 e. The fourth-order valence-electron chi connectivity index (χ4n) is 5.61. The molecule has 3 aromatic carbocycles. The predicted molar refractivity (Wildman–Crippen MR) is 164 cm³/mol. The van der Waals surface area contributed by atoms with Gasteiger partial charge in [0.2, 0.25) is 10.0 Å². The highest BCUT2D eigenvalue weighted by Crippen LogP contribution is 2.37. The van der Waals surface area contributed by atoms with E-state index >= 15 is 0 Å². The molecule has 0 unspecified atom stereocenters. The lowest BCUT2D eigenvalue weighted by Crippen LogP contribution is -2.48. The largest absolute Gasteiger partial charge is 0.416 e. The zero-order chi connectivity index (χ0) is 31.6. The maximum absolute atomic E-state index is 13.7. The van der Waals surface area contributed by atoms with Crippen LogP contribution in [0.15, 0.2) is 72.9 Å². The van der Waals surface area contributed by atoms with Gasteiger partial charge in [0.1, 0.15) is 0 Å². The van der Waals surface area contributed by atoms with Crippen LogP contribution in [0.1, 0.15) is 39.5 Å². The van der Waals surface area contributed by atoms with Crippen molar-refractivity contribution in [2.24, 2.45) is 0 Å². The van der Waals surface area contributed by atoms with Crippen molar-refractivity contribution in [1.29, 1.82) is 0 Å². The highest BCUT2D eigenvalue weighted by molar-refractivity contribution is 7.92. The number of halogens is 3. The Kier molecular flexibility index (Phi) is 9.05. The molecule has 0 saturated carbocycles. The van der Waals surface area contributed by atoms with E-state index in [2.05, 4.69) is 10.6 Å². The van der Waals surface area contributed by atoms with E-state index in [1.165, 1.54) is 17.4 Å². The number of benzene rings is 3. The van der Waals surface area contributed by atoms with Crippen LogP contribution in [0.2, 0.25) is 0 Å². The molecule has 8 nitrogen and oxygen atoms in total. The second-order valence-electron chi connectivity index (χ2n) is 11.0. The fourth-order valence-corrected chi connectivity index (χ4v) is 6.81. The first-order chi connectivity index (χ1) is 20.9. The van der Waals surface area contributed by atoms with Gasteiger partial charge in [-0.15, -0.1) is 0 Å². The molecule has 3 N–H and O–H groups in total. The number of hydrogen-bond donors (Lipinski definition) is 3. The summed E-state index contributed by atoms with van der Waals surface area (Å²) in [6, 6.07) is 16.8.